The van der Waals surface area contributed by atoms with Gasteiger partial charge in [0, 0.05) is 29.6 Å². The van der Waals surface area contributed by atoms with E-state index >= 15 is 0 Å². The van der Waals surface area contributed by atoms with E-state index in [1.807, 2.05) is 26.0 Å². The molecule has 1 N–H and O–H groups in total. The molecule has 9 heteroatoms. The van der Waals surface area contributed by atoms with Crippen molar-refractivity contribution >= 4 is 43.2 Å². The van der Waals surface area contributed by atoms with Crippen LogP contribution in [0.3, 0.4) is 0 Å². The van der Waals surface area contributed by atoms with E-state index in [1.54, 1.807) is 48.5 Å². The van der Waals surface area contributed by atoms with Gasteiger partial charge in [-0.3, -0.25) is 9.10 Å². The Bertz CT molecular complexity index is 1290. The fraction of sp³-hybridized carbons (Fsp3) is 0.240. The molecule has 1 aliphatic heterocycles. The molecule has 0 aromatic heterocycles. The Kier molecular flexibility index (Phi) is 7.13. The zero-order valence-corrected chi connectivity index (χ0v) is 21.3. The average Bonchev–Trinajstić information content (AvgIpc) is 2.81. The van der Waals surface area contributed by atoms with Crippen LogP contribution in [0.1, 0.15) is 17.5 Å². The molecule has 0 unspecified atom stereocenters. The molecule has 178 valence electrons. The number of sulfonamides is 1. The molecule has 1 aliphatic rings. The first-order valence-corrected chi connectivity index (χ1v) is 13.0. The Morgan fingerprint density at radius 2 is 1.50 bits per heavy atom. The number of nitrogens with zero attached hydrogens (tertiary/aromatic N) is 1. The van der Waals surface area contributed by atoms with Crippen molar-refractivity contribution < 1.29 is 22.7 Å². The topological polar surface area (TPSA) is 84.9 Å². The summed E-state index contributed by atoms with van der Waals surface area (Å²) in [6.07, 6.45) is -0.0418. The van der Waals surface area contributed by atoms with E-state index in [1.165, 1.54) is 4.31 Å². The smallest absolute Gasteiger partial charge is 0.264 e. The normalized spacial score (nSPS) is 12.8. The summed E-state index contributed by atoms with van der Waals surface area (Å²) in [6, 6.07) is 17.3. The standard InChI is InChI=1S/C25H25BrN2O5S/c1-17-3-7-19(8-4-17)28(34(30,31)20-9-5-18(2)6-10-20)12-11-25(29)27-22-16-24-23(15-21(22)26)32-13-14-33-24/h3-10,15-16H,11-14H2,1-2H3,(H,27,29). The third kappa shape index (κ3) is 5.37. The number of rotatable bonds is 7. The summed E-state index contributed by atoms with van der Waals surface area (Å²) in [4.78, 5) is 13.0. The van der Waals surface area contributed by atoms with E-state index in [4.69, 9.17) is 9.47 Å². The second-order valence-corrected chi connectivity index (χ2v) is 10.7. The van der Waals surface area contributed by atoms with E-state index in [2.05, 4.69) is 21.2 Å². The summed E-state index contributed by atoms with van der Waals surface area (Å²) in [5.41, 5.74) is 3.00. The summed E-state index contributed by atoms with van der Waals surface area (Å²) in [6.45, 7) is 4.71. The lowest BCUT2D eigenvalue weighted by Crippen LogP contribution is -2.34. The maximum Gasteiger partial charge on any atom is 0.264 e. The predicted molar refractivity (Wildman–Crippen MR) is 135 cm³/mol. The molecule has 3 aromatic rings. The SMILES string of the molecule is Cc1ccc(N(CCC(=O)Nc2cc3c(cc2Br)OCCO3)S(=O)(=O)c2ccc(C)cc2)cc1. The number of amides is 1. The van der Waals surface area contributed by atoms with Crippen molar-refractivity contribution in [2.75, 3.05) is 29.4 Å². The van der Waals surface area contributed by atoms with E-state index < -0.39 is 10.0 Å². The van der Waals surface area contributed by atoms with Gasteiger partial charge in [-0.25, -0.2) is 8.42 Å². The van der Waals surface area contributed by atoms with Crippen LogP contribution in [0, 0.1) is 13.8 Å². The minimum absolute atomic E-state index is 0.0206. The van der Waals surface area contributed by atoms with Gasteiger partial charge in [0.05, 0.1) is 16.3 Å². The van der Waals surface area contributed by atoms with Crippen molar-refractivity contribution in [3.8, 4) is 11.5 Å². The lowest BCUT2D eigenvalue weighted by molar-refractivity contribution is -0.116. The predicted octanol–water partition coefficient (Wildman–Crippen LogP) is 5.06. The number of benzene rings is 3. The van der Waals surface area contributed by atoms with E-state index in [0.29, 0.717) is 40.6 Å². The number of ether oxygens (including phenoxy) is 2. The van der Waals surface area contributed by atoms with Crippen molar-refractivity contribution in [3.63, 3.8) is 0 Å². The van der Waals surface area contributed by atoms with Crippen molar-refractivity contribution in [1.82, 2.24) is 0 Å². The first-order valence-electron chi connectivity index (χ1n) is 10.8. The third-order valence-electron chi connectivity index (χ3n) is 5.38. The molecule has 0 bridgehead atoms. The van der Waals surface area contributed by atoms with Gasteiger partial charge in [-0.1, -0.05) is 35.4 Å². The largest absolute Gasteiger partial charge is 0.486 e. The van der Waals surface area contributed by atoms with E-state index in [0.717, 1.165) is 11.1 Å². The summed E-state index contributed by atoms with van der Waals surface area (Å²) < 4.78 is 40.0. The molecule has 0 radical (unpaired) electrons. The Morgan fingerprint density at radius 1 is 0.941 bits per heavy atom. The highest BCUT2D eigenvalue weighted by atomic mass is 79.9. The quantitative estimate of drug-likeness (QED) is 0.449. The molecule has 7 nitrogen and oxygen atoms in total. The van der Waals surface area contributed by atoms with Gasteiger partial charge in [0.2, 0.25) is 5.91 Å². The first kappa shape index (κ1) is 24.1. The molecule has 0 fully saturated rings. The molecule has 0 atom stereocenters. The Hall–Kier alpha value is -3.04. The Balaban J connectivity index is 1.54. The molecule has 1 heterocycles. The van der Waals surface area contributed by atoms with Gasteiger partial charge >= 0.3 is 0 Å². The molecule has 0 spiro atoms. The van der Waals surface area contributed by atoms with Crippen molar-refractivity contribution in [3.05, 3.63) is 76.3 Å². The second kappa shape index (κ2) is 10.1. The van der Waals surface area contributed by atoms with Crippen LogP contribution in [0.25, 0.3) is 0 Å². The number of aryl methyl sites for hydroxylation is 2. The zero-order chi connectivity index (χ0) is 24.3. The van der Waals surface area contributed by atoms with Crippen molar-refractivity contribution in [1.29, 1.82) is 0 Å². The van der Waals surface area contributed by atoms with Crippen LogP contribution in [0.5, 0.6) is 11.5 Å². The number of fused-ring (bicyclic) bond motifs is 1. The third-order valence-corrected chi connectivity index (χ3v) is 7.88. The van der Waals surface area contributed by atoms with Crippen LogP contribution in [-0.4, -0.2) is 34.1 Å². The maximum atomic E-state index is 13.5. The first-order chi connectivity index (χ1) is 16.2. The minimum atomic E-state index is -3.86. The molecule has 0 saturated carbocycles. The number of hydrogen-bond acceptors (Lipinski definition) is 5. The van der Waals surface area contributed by atoms with Crippen LogP contribution < -0.4 is 19.1 Å². The van der Waals surface area contributed by atoms with E-state index in [9.17, 15) is 13.2 Å². The molecule has 3 aromatic carbocycles. The number of anilines is 2. The lowest BCUT2D eigenvalue weighted by Gasteiger charge is -2.25. The van der Waals surface area contributed by atoms with Crippen LogP contribution in [0.4, 0.5) is 11.4 Å². The molecule has 0 aliphatic carbocycles. The fourth-order valence-electron chi connectivity index (χ4n) is 3.51. The van der Waals surface area contributed by atoms with Gasteiger partial charge in [-0.05, 0) is 54.0 Å². The molecular weight excluding hydrogens is 520 g/mol. The van der Waals surface area contributed by atoms with Gasteiger partial charge in [0.25, 0.3) is 10.0 Å². The van der Waals surface area contributed by atoms with Crippen LogP contribution in [0.15, 0.2) is 70.0 Å². The number of halogens is 1. The van der Waals surface area contributed by atoms with Gasteiger partial charge in [0.1, 0.15) is 13.2 Å². The second-order valence-electron chi connectivity index (χ2n) is 8.00. The molecular formula is C25H25BrN2O5S. The highest BCUT2D eigenvalue weighted by molar-refractivity contribution is 9.10. The van der Waals surface area contributed by atoms with Gasteiger partial charge in [-0.15, -0.1) is 0 Å². The molecule has 4 rings (SSSR count). The molecule has 1 amide bonds. The van der Waals surface area contributed by atoms with E-state index in [-0.39, 0.29) is 23.8 Å². The number of nitrogens with one attached hydrogen (secondary N) is 1. The van der Waals surface area contributed by atoms with Gasteiger partial charge in [-0.2, -0.15) is 0 Å². The minimum Gasteiger partial charge on any atom is -0.486 e. The summed E-state index contributed by atoms with van der Waals surface area (Å²) >= 11 is 3.44. The highest BCUT2D eigenvalue weighted by Gasteiger charge is 2.26. The average molecular weight is 545 g/mol. The molecule has 0 saturated heterocycles. The number of carbonyl (C=O) groups excluding carboxylic acids is 1. The number of hydrogen-bond donors (Lipinski definition) is 1. The Morgan fingerprint density at radius 3 is 2.12 bits per heavy atom. The summed E-state index contributed by atoms with van der Waals surface area (Å²) in [7, 11) is -3.86. The van der Waals surface area contributed by atoms with Crippen molar-refractivity contribution in [2.45, 2.75) is 25.2 Å². The summed E-state index contributed by atoms with van der Waals surface area (Å²) in [5, 5.41) is 2.83. The van der Waals surface area contributed by atoms with Crippen LogP contribution >= 0.6 is 15.9 Å². The number of carbonyl (C=O) groups is 1. The van der Waals surface area contributed by atoms with Gasteiger partial charge in [0.15, 0.2) is 11.5 Å². The van der Waals surface area contributed by atoms with Crippen molar-refractivity contribution in [2.24, 2.45) is 0 Å². The monoisotopic (exact) mass is 544 g/mol. The van der Waals surface area contributed by atoms with Crippen LogP contribution in [0.2, 0.25) is 0 Å². The fourth-order valence-corrected chi connectivity index (χ4v) is 5.40. The van der Waals surface area contributed by atoms with Crippen LogP contribution in [-0.2, 0) is 14.8 Å². The zero-order valence-electron chi connectivity index (χ0n) is 18.9. The molecule has 34 heavy (non-hydrogen) atoms. The lowest BCUT2D eigenvalue weighted by atomic mass is 10.2. The maximum absolute atomic E-state index is 13.5. The van der Waals surface area contributed by atoms with Gasteiger partial charge < -0.3 is 14.8 Å². The highest BCUT2D eigenvalue weighted by Crippen LogP contribution is 2.38. The Labute approximate surface area is 207 Å². The summed E-state index contributed by atoms with van der Waals surface area (Å²) in [5.74, 6) is 0.826.